The summed E-state index contributed by atoms with van der Waals surface area (Å²) in [6.45, 7) is 5.66. The van der Waals surface area contributed by atoms with Crippen LogP contribution in [0.4, 0.5) is 0 Å². The Hall–Kier alpha value is -2.00. The Morgan fingerprint density at radius 1 is 1.35 bits per heavy atom. The Labute approximate surface area is 157 Å². The number of aromatic nitrogens is 1. The highest BCUT2D eigenvalue weighted by atomic mass is 32.1. The highest BCUT2D eigenvalue weighted by Crippen LogP contribution is 2.18. The number of nitrogens with zero attached hydrogens (tertiary/aromatic N) is 2. The molecule has 8 heteroatoms. The number of thiazole rings is 1. The van der Waals surface area contributed by atoms with E-state index in [2.05, 4.69) is 15.2 Å². The minimum Gasteiger partial charge on any atom is -0.492 e. The van der Waals surface area contributed by atoms with Crippen molar-refractivity contribution in [3.8, 4) is 5.75 Å². The molecule has 1 aliphatic rings. The summed E-state index contributed by atoms with van der Waals surface area (Å²) >= 11 is 1.39. The maximum Gasteiger partial charge on any atom is 0.271 e. The van der Waals surface area contributed by atoms with E-state index in [-0.39, 0.29) is 5.91 Å². The van der Waals surface area contributed by atoms with Crippen molar-refractivity contribution < 1.29 is 14.3 Å². The molecule has 0 spiro atoms. The number of hydrogen-bond donors (Lipinski definition) is 2. The van der Waals surface area contributed by atoms with E-state index in [1.54, 1.807) is 5.38 Å². The molecule has 0 saturated carbocycles. The fourth-order valence-electron chi connectivity index (χ4n) is 2.68. The molecule has 1 aromatic heterocycles. The second kappa shape index (κ2) is 9.63. The van der Waals surface area contributed by atoms with Crippen molar-refractivity contribution in [1.29, 1.82) is 0 Å². The normalized spacial score (nSPS) is 15.0. The summed E-state index contributed by atoms with van der Waals surface area (Å²) in [5.41, 5.74) is 6.88. The van der Waals surface area contributed by atoms with E-state index < -0.39 is 0 Å². The molecule has 0 atom stereocenters. The molecule has 0 aliphatic carbocycles. The van der Waals surface area contributed by atoms with E-state index in [0.717, 1.165) is 49.2 Å². The van der Waals surface area contributed by atoms with Gasteiger partial charge in [0.25, 0.3) is 5.91 Å². The van der Waals surface area contributed by atoms with Gasteiger partial charge < -0.3 is 20.5 Å². The van der Waals surface area contributed by atoms with Crippen molar-refractivity contribution in [2.24, 2.45) is 5.73 Å². The Morgan fingerprint density at radius 2 is 2.15 bits per heavy atom. The Kier molecular flexibility index (Phi) is 6.96. The smallest absolute Gasteiger partial charge is 0.271 e. The summed E-state index contributed by atoms with van der Waals surface area (Å²) in [5, 5.41) is 5.37. The van der Waals surface area contributed by atoms with Gasteiger partial charge in [-0.3, -0.25) is 9.69 Å². The van der Waals surface area contributed by atoms with Crippen molar-refractivity contribution in [2.45, 2.75) is 13.1 Å². The standard InChI is InChI=1S/C18H24N4O3S/c19-11-17-21-15(13-26-17)18(23)20-12-14-3-1-2-4-16(14)25-10-7-22-5-8-24-9-6-22/h1-4,13H,5-12,19H2,(H,20,23). The Morgan fingerprint density at radius 3 is 2.92 bits per heavy atom. The maximum absolute atomic E-state index is 12.2. The molecule has 3 N–H and O–H groups in total. The number of morpholine rings is 1. The minimum absolute atomic E-state index is 0.205. The lowest BCUT2D eigenvalue weighted by atomic mass is 10.2. The van der Waals surface area contributed by atoms with Gasteiger partial charge in [0, 0.05) is 43.7 Å². The molecule has 26 heavy (non-hydrogen) atoms. The van der Waals surface area contributed by atoms with E-state index in [4.69, 9.17) is 15.2 Å². The van der Waals surface area contributed by atoms with Gasteiger partial charge in [-0.25, -0.2) is 4.98 Å². The molecule has 0 unspecified atom stereocenters. The van der Waals surface area contributed by atoms with E-state index in [1.807, 2.05) is 24.3 Å². The van der Waals surface area contributed by atoms with Gasteiger partial charge in [0.15, 0.2) is 0 Å². The average molecular weight is 376 g/mol. The van der Waals surface area contributed by atoms with Crippen molar-refractivity contribution in [1.82, 2.24) is 15.2 Å². The first-order chi connectivity index (χ1) is 12.8. The lowest BCUT2D eigenvalue weighted by molar-refractivity contribution is 0.0322. The zero-order valence-electron chi connectivity index (χ0n) is 14.6. The molecule has 1 aromatic carbocycles. The zero-order chi connectivity index (χ0) is 18.2. The summed E-state index contributed by atoms with van der Waals surface area (Å²) in [5.74, 6) is 0.589. The summed E-state index contributed by atoms with van der Waals surface area (Å²) < 4.78 is 11.3. The molecule has 1 aliphatic heterocycles. The molecule has 140 valence electrons. The molecular formula is C18H24N4O3S. The van der Waals surface area contributed by atoms with Gasteiger partial charge in [-0.05, 0) is 6.07 Å². The predicted molar refractivity (Wildman–Crippen MR) is 100 cm³/mol. The van der Waals surface area contributed by atoms with E-state index in [1.165, 1.54) is 11.3 Å². The monoisotopic (exact) mass is 376 g/mol. The fourth-order valence-corrected chi connectivity index (χ4v) is 3.33. The van der Waals surface area contributed by atoms with Crippen LogP contribution >= 0.6 is 11.3 Å². The van der Waals surface area contributed by atoms with Crippen molar-refractivity contribution in [2.75, 3.05) is 39.5 Å². The van der Waals surface area contributed by atoms with Crippen molar-refractivity contribution in [3.63, 3.8) is 0 Å². The lowest BCUT2D eigenvalue weighted by Crippen LogP contribution is -2.38. The van der Waals surface area contributed by atoms with Crippen LogP contribution in [0.1, 0.15) is 21.1 Å². The van der Waals surface area contributed by atoms with Crippen LogP contribution in [-0.4, -0.2) is 55.2 Å². The van der Waals surface area contributed by atoms with Gasteiger partial charge >= 0.3 is 0 Å². The molecule has 3 rings (SSSR count). The van der Waals surface area contributed by atoms with Gasteiger partial charge in [-0.15, -0.1) is 11.3 Å². The molecule has 1 amide bonds. The number of carbonyl (C=O) groups excluding carboxylic acids is 1. The quantitative estimate of drug-likeness (QED) is 0.721. The number of hydrogen-bond acceptors (Lipinski definition) is 7. The third-order valence-electron chi connectivity index (χ3n) is 4.14. The van der Waals surface area contributed by atoms with Crippen LogP contribution in [0.15, 0.2) is 29.6 Å². The second-order valence-corrected chi connectivity index (χ2v) is 6.87. The van der Waals surface area contributed by atoms with E-state index in [9.17, 15) is 4.79 Å². The summed E-state index contributed by atoms with van der Waals surface area (Å²) in [7, 11) is 0. The zero-order valence-corrected chi connectivity index (χ0v) is 15.5. The van der Waals surface area contributed by atoms with Gasteiger partial charge in [0.2, 0.25) is 0 Å². The van der Waals surface area contributed by atoms with Gasteiger partial charge in [0.05, 0.1) is 13.2 Å². The topological polar surface area (TPSA) is 89.7 Å². The number of carbonyl (C=O) groups is 1. The first kappa shape index (κ1) is 18.8. The molecular weight excluding hydrogens is 352 g/mol. The second-order valence-electron chi connectivity index (χ2n) is 5.92. The third-order valence-corrected chi connectivity index (χ3v) is 5.01. The van der Waals surface area contributed by atoms with Gasteiger partial charge in [-0.1, -0.05) is 18.2 Å². The van der Waals surface area contributed by atoms with Crippen LogP contribution in [-0.2, 0) is 17.8 Å². The number of nitrogens with one attached hydrogen (secondary N) is 1. The number of rotatable bonds is 8. The number of ether oxygens (including phenoxy) is 2. The van der Waals surface area contributed by atoms with Gasteiger partial charge in [0.1, 0.15) is 23.1 Å². The number of para-hydroxylation sites is 1. The Balaban J connectivity index is 1.50. The van der Waals surface area contributed by atoms with Crippen LogP contribution in [0, 0.1) is 0 Å². The summed E-state index contributed by atoms with van der Waals surface area (Å²) in [4.78, 5) is 18.7. The van der Waals surface area contributed by atoms with Gasteiger partial charge in [-0.2, -0.15) is 0 Å². The summed E-state index contributed by atoms with van der Waals surface area (Å²) in [6, 6.07) is 7.75. The van der Waals surface area contributed by atoms with Crippen LogP contribution in [0.3, 0.4) is 0 Å². The third kappa shape index (κ3) is 5.25. The number of nitrogens with two attached hydrogens (primary N) is 1. The first-order valence-corrected chi connectivity index (χ1v) is 9.57. The molecule has 0 radical (unpaired) electrons. The number of amides is 1. The molecule has 2 aromatic rings. The van der Waals surface area contributed by atoms with E-state index in [0.29, 0.717) is 25.4 Å². The molecule has 2 heterocycles. The predicted octanol–water partition coefficient (Wildman–Crippen LogP) is 1.24. The highest BCUT2D eigenvalue weighted by molar-refractivity contribution is 7.09. The fraction of sp³-hybridized carbons (Fsp3) is 0.444. The van der Waals surface area contributed by atoms with Crippen LogP contribution in [0.25, 0.3) is 0 Å². The SMILES string of the molecule is NCc1nc(C(=O)NCc2ccccc2OCCN2CCOCC2)cs1. The lowest BCUT2D eigenvalue weighted by Gasteiger charge is -2.26. The first-order valence-electron chi connectivity index (χ1n) is 8.69. The summed E-state index contributed by atoms with van der Waals surface area (Å²) in [6.07, 6.45) is 0. The van der Waals surface area contributed by atoms with Crippen molar-refractivity contribution >= 4 is 17.2 Å². The van der Waals surface area contributed by atoms with Crippen molar-refractivity contribution in [3.05, 3.63) is 45.9 Å². The largest absolute Gasteiger partial charge is 0.492 e. The molecule has 7 nitrogen and oxygen atoms in total. The maximum atomic E-state index is 12.2. The average Bonchev–Trinajstić information content (AvgIpc) is 3.17. The molecule has 1 fully saturated rings. The van der Waals surface area contributed by atoms with Crippen LogP contribution in [0.2, 0.25) is 0 Å². The molecule has 1 saturated heterocycles. The Bertz CT molecular complexity index is 716. The van der Waals surface area contributed by atoms with Crippen LogP contribution < -0.4 is 15.8 Å². The molecule has 0 bridgehead atoms. The van der Waals surface area contributed by atoms with Crippen LogP contribution in [0.5, 0.6) is 5.75 Å². The number of benzene rings is 1. The van der Waals surface area contributed by atoms with E-state index >= 15 is 0 Å². The minimum atomic E-state index is -0.205. The highest BCUT2D eigenvalue weighted by Gasteiger charge is 2.13.